The summed E-state index contributed by atoms with van der Waals surface area (Å²) in [4.78, 5) is 15.1. The van der Waals surface area contributed by atoms with Gasteiger partial charge in [-0.15, -0.1) is 0 Å². The normalized spacial score (nSPS) is 13.0. The monoisotopic (exact) mass is 379 g/mol. The number of nitrogens with zero attached hydrogens (tertiary/aromatic N) is 2. The minimum atomic E-state index is -0.681. The van der Waals surface area contributed by atoms with Gasteiger partial charge in [-0.05, 0) is 66.1 Å². The van der Waals surface area contributed by atoms with Crippen LogP contribution in [0.5, 0.6) is 5.75 Å². The molecule has 0 atom stereocenters. The number of nitro benzene ring substituents is 1. The van der Waals surface area contributed by atoms with Gasteiger partial charge in [-0.1, -0.05) is 35.9 Å². The third-order valence-electron chi connectivity index (χ3n) is 5.25. The number of halogens is 1. The van der Waals surface area contributed by atoms with Gasteiger partial charge < -0.3 is 5.11 Å². The molecule has 0 radical (unpaired) electrons. The van der Waals surface area contributed by atoms with Crippen LogP contribution in [0.25, 0.3) is 10.8 Å². The molecule has 0 bridgehead atoms. The predicted molar refractivity (Wildman–Crippen MR) is 106 cm³/mol. The lowest BCUT2D eigenvalue weighted by Crippen LogP contribution is -2.07. The van der Waals surface area contributed by atoms with E-state index in [-0.39, 0.29) is 16.1 Å². The van der Waals surface area contributed by atoms with Crippen LogP contribution < -0.4 is 5.11 Å². The topological polar surface area (TPSA) is 78.6 Å². The Hall–Kier alpha value is -2.92. The summed E-state index contributed by atoms with van der Waals surface area (Å²) in [6, 6.07) is 10.1. The first-order chi connectivity index (χ1) is 12.9. The van der Waals surface area contributed by atoms with Crippen molar-refractivity contribution in [2.75, 3.05) is 0 Å². The first kappa shape index (κ1) is 17.5. The third kappa shape index (κ3) is 2.66. The maximum atomic E-state index is 12.6. The van der Waals surface area contributed by atoms with Crippen molar-refractivity contribution in [2.24, 2.45) is 4.99 Å². The quantitative estimate of drug-likeness (QED) is 0.367. The fourth-order valence-electron chi connectivity index (χ4n) is 3.82. The molecule has 5 nitrogen and oxygen atoms in total. The smallest absolute Gasteiger partial charge is 0.266 e. The Kier molecular flexibility index (Phi) is 4.12. The Bertz CT molecular complexity index is 1140. The highest BCUT2D eigenvalue weighted by molar-refractivity contribution is 6.33. The highest BCUT2D eigenvalue weighted by Crippen LogP contribution is 2.39. The van der Waals surface area contributed by atoms with Gasteiger partial charge in [-0.25, -0.2) is 0 Å². The molecular weight excluding hydrogens is 364 g/mol. The van der Waals surface area contributed by atoms with Crippen LogP contribution in [0.4, 0.5) is 11.4 Å². The zero-order valence-corrected chi connectivity index (χ0v) is 15.6. The number of hydrogen-bond acceptors (Lipinski definition) is 4. The Morgan fingerprint density at radius 3 is 2.52 bits per heavy atom. The molecule has 3 aromatic carbocycles. The molecule has 0 unspecified atom stereocenters. The lowest BCUT2D eigenvalue weighted by atomic mass is 10.0. The van der Waals surface area contributed by atoms with Crippen molar-refractivity contribution in [1.82, 2.24) is 0 Å². The molecule has 0 aliphatic heterocycles. The Balaban J connectivity index is 1.88. The number of aliphatic imine (C=N–C) groups is 1. The highest BCUT2D eigenvalue weighted by atomic mass is 35.5. The summed E-state index contributed by atoms with van der Waals surface area (Å²) in [7, 11) is 0. The van der Waals surface area contributed by atoms with Crippen molar-refractivity contribution in [1.29, 1.82) is 0 Å². The molecule has 3 aromatic rings. The van der Waals surface area contributed by atoms with E-state index in [9.17, 15) is 15.2 Å². The summed E-state index contributed by atoms with van der Waals surface area (Å²) in [5.74, 6) is -0.658. The fourth-order valence-corrected chi connectivity index (χ4v) is 4.02. The number of hydrogen-bond donors (Lipinski definition) is 0. The molecule has 0 aromatic heterocycles. The van der Waals surface area contributed by atoms with Gasteiger partial charge in [0.05, 0.1) is 15.6 Å². The summed E-state index contributed by atoms with van der Waals surface area (Å²) >= 11 is 6.23. The zero-order chi connectivity index (χ0) is 19.3. The number of rotatable bonds is 3. The van der Waals surface area contributed by atoms with Crippen LogP contribution in [-0.2, 0) is 12.8 Å². The molecule has 0 amide bonds. The predicted octanol–water partition coefficient (Wildman–Crippen LogP) is 4.94. The lowest BCUT2D eigenvalue weighted by Gasteiger charge is -2.17. The van der Waals surface area contributed by atoms with Crippen molar-refractivity contribution in [3.8, 4) is 5.75 Å². The van der Waals surface area contributed by atoms with Gasteiger partial charge in [-0.2, -0.15) is 0 Å². The summed E-state index contributed by atoms with van der Waals surface area (Å²) in [6.07, 6.45) is 3.43. The van der Waals surface area contributed by atoms with E-state index < -0.39 is 16.4 Å². The van der Waals surface area contributed by atoms with Crippen molar-refractivity contribution in [3.05, 3.63) is 73.3 Å². The summed E-state index contributed by atoms with van der Waals surface area (Å²) in [5.41, 5.74) is 3.68. The molecule has 0 spiro atoms. The van der Waals surface area contributed by atoms with Gasteiger partial charge in [0, 0.05) is 17.2 Å². The van der Waals surface area contributed by atoms with E-state index in [2.05, 4.69) is 17.1 Å². The second-order valence-corrected chi connectivity index (χ2v) is 7.13. The molecule has 0 N–H and O–H groups in total. The largest absolute Gasteiger partial charge is 0.867 e. The van der Waals surface area contributed by atoms with E-state index in [0.717, 1.165) is 23.9 Å². The van der Waals surface area contributed by atoms with Crippen LogP contribution in [0, 0.1) is 24.0 Å². The standard InChI is InChI=1S/C21H17ClN2O3/c1-11-16(21(25)20(24(26)27)12(2)19(11)22)10-23-17-9-8-14-7-6-13-4-3-5-15(17)18(13)14/h3-5,8-10,25H,6-7H2,1-2H3/p-1. The van der Waals surface area contributed by atoms with Gasteiger partial charge in [0.1, 0.15) is 0 Å². The van der Waals surface area contributed by atoms with E-state index in [0.29, 0.717) is 5.56 Å². The fraction of sp³-hybridized carbons (Fsp3) is 0.190. The maximum absolute atomic E-state index is 12.6. The Morgan fingerprint density at radius 2 is 1.81 bits per heavy atom. The second-order valence-electron chi connectivity index (χ2n) is 6.75. The molecule has 0 heterocycles. The number of benzene rings is 3. The van der Waals surface area contributed by atoms with E-state index in [1.165, 1.54) is 29.7 Å². The molecular formula is C21H16ClN2O3-. The van der Waals surface area contributed by atoms with Crippen molar-refractivity contribution in [2.45, 2.75) is 26.7 Å². The summed E-state index contributed by atoms with van der Waals surface area (Å²) < 4.78 is 0. The molecule has 6 heteroatoms. The molecule has 4 rings (SSSR count). The molecule has 0 saturated carbocycles. The zero-order valence-electron chi connectivity index (χ0n) is 14.9. The van der Waals surface area contributed by atoms with Gasteiger partial charge in [-0.3, -0.25) is 15.1 Å². The molecule has 1 aliphatic carbocycles. The minimum absolute atomic E-state index is 0.153. The first-order valence-electron chi connectivity index (χ1n) is 8.61. The SMILES string of the molecule is Cc1c(Cl)c(C)c([N+](=O)[O-])c([O-])c1C=Nc1ccc2c3c(cccc13)CC2. The average Bonchev–Trinajstić information content (AvgIpc) is 3.06. The average molecular weight is 380 g/mol. The van der Waals surface area contributed by atoms with Crippen molar-refractivity contribution < 1.29 is 10.0 Å². The third-order valence-corrected chi connectivity index (χ3v) is 5.81. The van der Waals surface area contributed by atoms with Crippen LogP contribution in [0.2, 0.25) is 5.02 Å². The van der Waals surface area contributed by atoms with Crippen LogP contribution in [0.3, 0.4) is 0 Å². The maximum Gasteiger partial charge on any atom is 0.266 e. The minimum Gasteiger partial charge on any atom is -0.867 e. The molecule has 136 valence electrons. The van der Waals surface area contributed by atoms with Crippen LogP contribution in [0.1, 0.15) is 27.8 Å². The summed E-state index contributed by atoms with van der Waals surface area (Å²) in [6.45, 7) is 3.16. The first-order valence-corrected chi connectivity index (χ1v) is 8.99. The van der Waals surface area contributed by atoms with Crippen molar-refractivity contribution >= 4 is 40.0 Å². The van der Waals surface area contributed by atoms with Crippen molar-refractivity contribution in [3.63, 3.8) is 0 Å². The highest BCUT2D eigenvalue weighted by Gasteiger charge is 2.21. The number of aryl methyl sites for hydroxylation is 2. The molecule has 0 fully saturated rings. The lowest BCUT2D eigenvalue weighted by molar-refractivity contribution is -0.398. The van der Waals surface area contributed by atoms with Crippen LogP contribution in [-0.4, -0.2) is 11.1 Å². The Labute approximate surface area is 161 Å². The number of nitro groups is 1. The van der Waals surface area contributed by atoms with E-state index in [1.807, 2.05) is 18.2 Å². The summed E-state index contributed by atoms with van der Waals surface area (Å²) in [5, 5.41) is 26.4. The molecule has 1 aliphatic rings. The van der Waals surface area contributed by atoms with E-state index in [4.69, 9.17) is 11.6 Å². The van der Waals surface area contributed by atoms with E-state index >= 15 is 0 Å². The van der Waals surface area contributed by atoms with Gasteiger partial charge in [0.15, 0.2) is 0 Å². The Morgan fingerprint density at radius 1 is 1.11 bits per heavy atom. The second kappa shape index (κ2) is 6.35. The van der Waals surface area contributed by atoms with Crippen LogP contribution >= 0.6 is 11.6 Å². The van der Waals surface area contributed by atoms with Gasteiger partial charge in [0.25, 0.3) is 5.69 Å². The van der Waals surface area contributed by atoms with Gasteiger partial charge in [0.2, 0.25) is 0 Å². The van der Waals surface area contributed by atoms with Crippen LogP contribution in [0.15, 0.2) is 35.3 Å². The van der Waals surface area contributed by atoms with Gasteiger partial charge >= 0.3 is 0 Å². The molecule has 0 saturated heterocycles. The molecule has 27 heavy (non-hydrogen) atoms. The van der Waals surface area contributed by atoms with E-state index in [1.54, 1.807) is 6.92 Å².